The average Bonchev–Trinajstić information content (AvgIpc) is 2.90. The van der Waals surface area contributed by atoms with Gasteiger partial charge in [0.05, 0.1) is 18.1 Å². The van der Waals surface area contributed by atoms with Crippen LogP contribution in [0.5, 0.6) is 0 Å². The molecule has 0 spiro atoms. The molecule has 3 aromatic rings. The third-order valence-electron chi connectivity index (χ3n) is 7.65. The van der Waals surface area contributed by atoms with Crippen LogP contribution in [-0.2, 0) is 11.2 Å². The fourth-order valence-electron chi connectivity index (χ4n) is 5.78. The van der Waals surface area contributed by atoms with Gasteiger partial charge < -0.3 is 15.3 Å². The molecule has 38 heavy (non-hydrogen) atoms. The zero-order chi connectivity index (χ0) is 26.8. The Hall–Kier alpha value is -2.93. The first-order valence-corrected chi connectivity index (χ1v) is 13.7. The number of hydrogen-bond acceptors (Lipinski definition) is 3. The van der Waals surface area contributed by atoms with Crippen molar-refractivity contribution in [3.63, 3.8) is 0 Å². The van der Waals surface area contributed by atoms with Crippen LogP contribution in [0.4, 0.5) is 4.39 Å². The predicted molar refractivity (Wildman–Crippen MR) is 146 cm³/mol. The molecule has 5 rings (SSSR count). The van der Waals surface area contributed by atoms with E-state index in [1.807, 2.05) is 12.1 Å². The SMILES string of the molecule is O=C(NCCc1ccccc1F)[C@@H]1c2ccccc2C(=O)N(C2CCC(O)CC2)[C@H]1c1ccc(Cl)cc1Cl. The van der Waals surface area contributed by atoms with Crippen molar-refractivity contribution in [1.82, 2.24) is 10.2 Å². The van der Waals surface area contributed by atoms with Gasteiger partial charge in [-0.1, -0.05) is 65.7 Å². The van der Waals surface area contributed by atoms with Gasteiger partial charge in [0.15, 0.2) is 0 Å². The second-order valence-corrected chi connectivity index (χ2v) is 10.8. The summed E-state index contributed by atoms with van der Waals surface area (Å²) in [7, 11) is 0. The number of rotatable bonds is 6. The molecular formula is C30H29Cl2FN2O3. The van der Waals surface area contributed by atoms with Gasteiger partial charge in [0.25, 0.3) is 5.91 Å². The van der Waals surface area contributed by atoms with Crippen LogP contribution in [0.3, 0.4) is 0 Å². The molecule has 8 heteroatoms. The molecule has 0 aromatic heterocycles. The van der Waals surface area contributed by atoms with Gasteiger partial charge >= 0.3 is 0 Å². The number of nitrogens with zero attached hydrogens (tertiary/aromatic N) is 1. The Morgan fingerprint density at radius 1 is 0.974 bits per heavy atom. The maximum atomic E-state index is 14.2. The van der Waals surface area contributed by atoms with Crippen molar-refractivity contribution in [2.45, 2.75) is 56.2 Å². The topological polar surface area (TPSA) is 69.6 Å². The molecule has 2 atom stereocenters. The molecule has 2 aliphatic rings. The molecule has 198 valence electrons. The minimum atomic E-state index is -0.741. The summed E-state index contributed by atoms with van der Waals surface area (Å²) in [5.41, 5.74) is 2.27. The van der Waals surface area contributed by atoms with Gasteiger partial charge in [0.1, 0.15) is 5.82 Å². The van der Waals surface area contributed by atoms with E-state index in [1.165, 1.54) is 6.07 Å². The Labute approximate surface area is 231 Å². The first kappa shape index (κ1) is 26.7. The van der Waals surface area contributed by atoms with Crippen molar-refractivity contribution >= 4 is 35.0 Å². The monoisotopic (exact) mass is 554 g/mol. The van der Waals surface area contributed by atoms with Crippen molar-refractivity contribution < 1.29 is 19.1 Å². The summed E-state index contributed by atoms with van der Waals surface area (Å²) < 4.78 is 14.2. The largest absolute Gasteiger partial charge is 0.393 e. The maximum absolute atomic E-state index is 14.2. The Morgan fingerprint density at radius 2 is 1.68 bits per heavy atom. The summed E-state index contributed by atoms with van der Waals surface area (Å²) in [5, 5.41) is 14.0. The number of carbonyl (C=O) groups excluding carboxylic acids is 2. The smallest absolute Gasteiger partial charge is 0.254 e. The van der Waals surface area contributed by atoms with E-state index in [-0.39, 0.29) is 30.2 Å². The van der Waals surface area contributed by atoms with E-state index in [4.69, 9.17) is 23.2 Å². The van der Waals surface area contributed by atoms with E-state index in [0.717, 1.165) is 0 Å². The lowest BCUT2D eigenvalue weighted by Gasteiger charge is -2.47. The van der Waals surface area contributed by atoms with Gasteiger partial charge in [0, 0.05) is 28.2 Å². The molecule has 1 fully saturated rings. The quantitative estimate of drug-likeness (QED) is 0.388. The van der Waals surface area contributed by atoms with Gasteiger partial charge in [-0.2, -0.15) is 0 Å². The second kappa shape index (κ2) is 11.4. The van der Waals surface area contributed by atoms with Crippen LogP contribution < -0.4 is 5.32 Å². The minimum Gasteiger partial charge on any atom is -0.393 e. The Balaban J connectivity index is 1.54. The number of carbonyl (C=O) groups is 2. The average molecular weight is 555 g/mol. The number of fused-ring (bicyclic) bond motifs is 1. The summed E-state index contributed by atoms with van der Waals surface area (Å²) >= 11 is 12.9. The summed E-state index contributed by atoms with van der Waals surface area (Å²) in [4.78, 5) is 29.7. The van der Waals surface area contributed by atoms with Gasteiger partial charge in [-0.25, -0.2) is 4.39 Å². The van der Waals surface area contributed by atoms with Gasteiger partial charge in [-0.3, -0.25) is 9.59 Å². The number of halogens is 3. The highest BCUT2D eigenvalue weighted by Gasteiger charge is 2.47. The second-order valence-electron chi connectivity index (χ2n) is 9.98. The molecule has 0 radical (unpaired) electrons. The molecular weight excluding hydrogens is 526 g/mol. The molecule has 0 bridgehead atoms. The fraction of sp³-hybridized carbons (Fsp3) is 0.333. The van der Waals surface area contributed by atoms with Gasteiger partial charge in [-0.05, 0) is 73.1 Å². The zero-order valence-corrected chi connectivity index (χ0v) is 22.3. The van der Waals surface area contributed by atoms with Crippen LogP contribution in [0, 0.1) is 5.82 Å². The molecule has 1 aliphatic heterocycles. The molecule has 3 aromatic carbocycles. The number of aliphatic hydroxyl groups is 1. The molecule has 0 saturated heterocycles. The highest BCUT2D eigenvalue weighted by Crippen LogP contribution is 2.47. The summed E-state index contributed by atoms with van der Waals surface area (Å²) in [5.74, 6) is -1.48. The van der Waals surface area contributed by atoms with Crippen LogP contribution in [0.2, 0.25) is 10.0 Å². The van der Waals surface area contributed by atoms with Crippen LogP contribution in [-0.4, -0.2) is 40.5 Å². The van der Waals surface area contributed by atoms with E-state index >= 15 is 0 Å². The fourth-order valence-corrected chi connectivity index (χ4v) is 6.30. The number of benzene rings is 3. The Kier molecular flexibility index (Phi) is 8.03. The van der Waals surface area contributed by atoms with Crippen LogP contribution in [0.1, 0.15) is 64.7 Å². The van der Waals surface area contributed by atoms with Crippen LogP contribution in [0.25, 0.3) is 0 Å². The number of amides is 2. The number of aliphatic hydroxyl groups excluding tert-OH is 1. The van der Waals surface area contributed by atoms with E-state index in [2.05, 4.69) is 5.32 Å². The Bertz CT molecular complexity index is 1340. The van der Waals surface area contributed by atoms with Crippen molar-refractivity contribution in [3.8, 4) is 0 Å². The molecule has 0 unspecified atom stereocenters. The first-order chi connectivity index (χ1) is 18.3. The normalized spacial score (nSPS) is 23.2. The van der Waals surface area contributed by atoms with E-state index < -0.39 is 18.1 Å². The number of hydrogen-bond donors (Lipinski definition) is 2. The summed E-state index contributed by atoms with van der Waals surface area (Å²) in [6.07, 6.45) is 2.35. The van der Waals surface area contributed by atoms with Gasteiger partial charge in [-0.15, -0.1) is 0 Å². The molecule has 1 aliphatic carbocycles. The minimum absolute atomic E-state index is 0.159. The summed E-state index contributed by atoms with van der Waals surface area (Å²) in [6, 6.07) is 18.0. The molecule has 5 nitrogen and oxygen atoms in total. The highest BCUT2D eigenvalue weighted by atomic mass is 35.5. The van der Waals surface area contributed by atoms with Gasteiger partial charge in [0.2, 0.25) is 5.91 Å². The third kappa shape index (κ3) is 5.31. The third-order valence-corrected chi connectivity index (χ3v) is 8.21. The summed E-state index contributed by atoms with van der Waals surface area (Å²) in [6.45, 7) is 0.239. The predicted octanol–water partition coefficient (Wildman–Crippen LogP) is 6.08. The van der Waals surface area contributed by atoms with E-state index in [9.17, 15) is 19.1 Å². The lowest BCUT2D eigenvalue weighted by Crippen LogP contribution is -2.52. The van der Waals surface area contributed by atoms with Crippen molar-refractivity contribution in [1.29, 1.82) is 0 Å². The highest BCUT2D eigenvalue weighted by molar-refractivity contribution is 6.35. The van der Waals surface area contributed by atoms with E-state index in [0.29, 0.717) is 64.4 Å². The first-order valence-electron chi connectivity index (χ1n) is 12.9. The number of nitrogens with one attached hydrogen (secondary N) is 1. The lowest BCUT2D eigenvalue weighted by atomic mass is 9.77. The van der Waals surface area contributed by atoms with Crippen molar-refractivity contribution in [2.24, 2.45) is 0 Å². The van der Waals surface area contributed by atoms with E-state index in [1.54, 1.807) is 53.4 Å². The van der Waals surface area contributed by atoms with Crippen LogP contribution >= 0.6 is 23.2 Å². The molecule has 2 amide bonds. The lowest BCUT2D eigenvalue weighted by molar-refractivity contribution is -0.124. The molecule has 2 N–H and O–H groups in total. The molecule has 1 saturated carbocycles. The standard InChI is InChI=1S/C30H29Cl2FN2O3/c31-19-9-14-24(25(32)17-19)28-27(29(37)34-16-15-18-5-1-4-8-26(18)33)22-6-2-3-7-23(22)30(38)35(28)20-10-12-21(36)13-11-20/h1-9,14,17,20-21,27-28,36H,10-13,15-16H2,(H,34,37)/t20?,21?,27-,28+/m1/s1. The molecule has 1 heterocycles. The van der Waals surface area contributed by atoms with Crippen LogP contribution in [0.15, 0.2) is 66.7 Å². The maximum Gasteiger partial charge on any atom is 0.254 e. The van der Waals surface area contributed by atoms with Crippen molar-refractivity contribution in [2.75, 3.05) is 6.54 Å². The Morgan fingerprint density at radius 3 is 2.42 bits per heavy atom. The zero-order valence-electron chi connectivity index (χ0n) is 20.7. The van der Waals surface area contributed by atoms with Crippen molar-refractivity contribution in [3.05, 3.63) is 105 Å².